The summed E-state index contributed by atoms with van der Waals surface area (Å²) in [6, 6.07) is 5.68. The molecule has 7 heteroatoms. The van der Waals surface area contributed by atoms with Gasteiger partial charge in [0.15, 0.2) is 0 Å². The molecule has 1 fully saturated rings. The van der Waals surface area contributed by atoms with Gasteiger partial charge in [-0.2, -0.15) is 11.3 Å². The number of amides is 3. The molecule has 0 saturated carbocycles. The van der Waals surface area contributed by atoms with Crippen LogP contribution in [-0.2, 0) is 5.41 Å². The number of fused-ring (bicyclic) bond motifs is 2. The Morgan fingerprint density at radius 1 is 1.28 bits per heavy atom. The van der Waals surface area contributed by atoms with Gasteiger partial charge in [-0.3, -0.25) is 9.78 Å². The molecule has 0 N–H and O–H groups in total. The van der Waals surface area contributed by atoms with Crippen LogP contribution >= 0.6 is 11.3 Å². The maximum Gasteiger partial charge on any atom is 0.319 e. The highest BCUT2D eigenvalue weighted by molar-refractivity contribution is 7.08. The number of carbonyl (C=O) groups is 2. The van der Waals surface area contributed by atoms with E-state index in [1.807, 2.05) is 38.8 Å². The van der Waals surface area contributed by atoms with Crippen molar-refractivity contribution >= 4 is 29.0 Å². The maximum absolute atomic E-state index is 13.0. The predicted molar refractivity (Wildman–Crippen MR) is 97.2 cm³/mol. The molecule has 4 heterocycles. The minimum Gasteiger partial charge on any atom is -0.331 e. The molecule has 4 rings (SSSR count). The second kappa shape index (κ2) is 5.84. The number of likely N-dealkylation sites (tertiary alicyclic amines) is 1. The Labute approximate surface area is 150 Å². The molecule has 1 spiro atoms. The fourth-order valence-corrected chi connectivity index (χ4v) is 4.48. The minimum absolute atomic E-state index is 0.00441. The third kappa shape index (κ3) is 2.50. The quantitative estimate of drug-likeness (QED) is 0.789. The molecule has 0 aromatic carbocycles. The largest absolute Gasteiger partial charge is 0.331 e. The van der Waals surface area contributed by atoms with Crippen molar-refractivity contribution in [2.45, 2.75) is 11.8 Å². The predicted octanol–water partition coefficient (Wildman–Crippen LogP) is 2.43. The Morgan fingerprint density at radius 3 is 2.84 bits per heavy atom. The lowest BCUT2D eigenvalue weighted by Crippen LogP contribution is -2.42. The van der Waals surface area contributed by atoms with Crippen LogP contribution in [0.5, 0.6) is 0 Å². The highest BCUT2D eigenvalue weighted by Gasteiger charge is 2.51. The first-order valence-corrected chi connectivity index (χ1v) is 9.22. The van der Waals surface area contributed by atoms with E-state index in [2.05, 4.69) is 4.98 Å². The van der Waals surface area contributed by atoms with Crippen molar-refractivity contribution in [2.75, 3.05) is 38.6 Å². The summed E-state index contributed by atoms with van der Waals surface area (Å²) in [6.45, 7) is 1.86. The van der Waals surface area contributed by atoms with Crippen LogP contribution in [0.4, 0.5) is 10.5 Å². The molecule has 1 atom stereocenters. The van der Waals surface area contributed by atoms with Gasteiger partial charge in [0.05, 0.1) is 22.4 Å². The van der Waals surface area contributed by atoms with Gasteiger partial charge in [-0.25, -0.2) is 4.79 Å². The first kappa shape index (κ1) is 16.1. The van der Waals surface area contributed by atoms with Crippen LogP contribution < -0.4 is 4.90 Å². The van der Waals surface area contributed by atoms with Crippen molar-refractivity contribution in [3.8, 4) is 0 Å². The minimum atomic E-state index is -0.270. The number of urea groups is 1. The first-order chi connectivity index (χ1) is 12.0. The number of nitrogens with zero attached hydrogens (tertiary/aromatic N) is 4. The number of carbonyl (C=O) groups excluding carboxylic acids is 2. The summed E-state index contributed by atoms with van der Waals surface area (Å²) in [7, 11) is 3.53. The van der Waals surface area contributed by atoms with E-state index in [0.717, 1.165) is 17.8 Å². The molecule has 6 nitrogen and oxygen atoms in total. The van der Waals surface area contributed by atoms with E-state index in [9.17, 15) is 9.59 Å². The first-order valence-electron chi connectivity index (χ1n) is 8.28. The van der Waals surface area contributed by atoms with Crippen LogP contribution in [0.15, 0.2) is 35.2 Å². The summed E-state index contributed by atoms with van der Waals surface area (Å²) in [5.74, 6) is 0.00441. The Hall–Kier alpha value is -2.41. The molecule has 2 aromatic heterocycles. The second-order valence-corrected chi connectivity index (χ2v) is 7.68. The molecule has 3 amide bonds. The summed E-state index contributed by atoms with van der Waals surface area (Å²) in [5, 5.41) is 3.79. The number of pyridine rings is 1. The highest BCUT2D eigenvalue weighted by Crippen LogP contribution is 2.45. The Kier molecular flexibility index (Phi) is 3.76. The molecule has 2 aliphatic rings. The van der Waals surface area contributed by atoms with E-state index < -0.39 is 0 Å². The smallest absolute Gasteiger partial charge is 0.319 e. The number of aromatic nitrogens is 1. The zero-order valence-corrected chi connectivity index (χ0v) is 15.1. The number of hydrogen-bond donors (Lipinski definition) is 0. The molecular weight excluding hydrogens is 336 g/mol. The summed E-state index contributed by atoms with van der Waals surface area (Å²) >= 11 is 1.52. The van der Waals surface area contributed by atoms with Gasteiger partial charge in [-0.05, 0) is 30.0 Å². The maximum atomic E-state index is 13.0. The van der Waals surface area contributed by atoms with Crippen LogP contribution in [-0.4, -0.2) is 60.5 Å². The molecule has 1 unspecified atom stereocenters. The van der Waals surface area contributed by atoms with Crippen molar-refractivity contribution in [3.63, 3.8) is 0 Å². The van der Waals surface area contributed by atoms with Gasteiger partial charge in [-0.15, -0.1) is 0 Å². The molecule has 1 saturated heterocycles. The van der Waals surface area contributed by atoms with E-state index in [1.165, 1.54) is 11.3 Å². The van der Waals surface area contributed by atoms with E-state index in [-0.39, 0.29) is 17.4 Å². The fraction of sp³-hybridized carbons (Fsp3) is 0.389. The average molecular weight is 356 g/mol. The Balaban J connectivity index is 1.68. The molecule has 0 aliphatic carbocycles. The number of anilines is 1. The van der Waals surface area contributed by atoms with Crippen LogP contribution in [0.25, 0.3) is 0 Å². The number of rotatable bonds is 1. The second-order valence-electron chi connectivity index (χ2n) is 6.90. The van der Waals surface area contributed by atoms with Gasteiger partial charge in [0.25, 0.3) is 5.91 Å². The molecule has 2 aromatic rings. The van der Waals surface area contributed by atoms with Gasteiger partial charge in [0, 0.05) is 45.3 Å². The van der Waals surface area contributed by atoms with E-state index in [4.69, 9.17) is 0 Å². The van der Waals surface area contributed by atoms with Crippen LogP contribution in [0.1, 0.15) is 22.5 Å². The van der Waals surface area contributed by atoms with Crippen molar-refractivity contribution in [3.05, 3.63) is 46.4 Å². The van der Waals surface area contributed by atoms with Gasteiger partial charge in [0.1, 0.15) is 0 Å². The van der Waals surface area contributed by atoms with Crippen molar-refractivity contribution in [2.24, 2.45) is 0 Å². The standard InChI is InChI=1S/C18H20N4O2S/c1-20(2)17(24)21-8-6-18(11-21)12-22(14-4-3-7-19-15(14)18)16(23)13-5-9-25-10-13/h3-5,7,9-10H,6,8,11-12H2,1-2H3. The van der Waals surface area contributed by atoms with Gasteiger partial charge in [-0.1, -0.05) is 0 Å². The highest BCUT2D eigenvalue weighted by atomic mass is 32.1. The van der Waals surface area contributed by atoms with E-state index in [0.29, 0.717) is 25.2 Å². The summed E-state index contributed by atoms with van der Waals surface area (Å²) in [6.07, 6.45) is 2.60. The van der Waals surface area contributed by atoms with Gasteiger partial charge >= 0.3 is 6.03 Å². The lowest BCUT2D eigenvalue weighted by Gasteiger charge is -2.26. The normalized spacial score (nSPS) is 21.7. The van der Waals surface area contributed by atoms with E-state index >= 15 is 0 Å². The third-order valence-corrected chi connectivity index (χ3v) is 5.74. The zero-order chi connectivity index (χ0) is 17.6. The van der Waals surface area contributed by atoms with Crippen molar-refractivity contribution in [1.29, 1.82) is 0 Å². The topological polar surface area (TPSA) is 56.8 Å². The van der Waals surface area contributed by atoms with Crippen LogP contribution in [0, 0.1) is 0 Å². The molecule has 2 aliphatic heterocycles. The summed E-state index contributed by atoms with van der Waals surface area (Å²) in [5.41, 5.74) is 2.25. The molecule has 0 bridgehead atoms. The lowest BCUT2D eigenvalue weighted by atomic mass is 9.85. The van der Waals surface area contributed by atoms with Gasteiger partial charge < -0.3 is 14.7 Å². The van der Waals surface area contributed by atoms with Crippen LogP contribution in [0.3, 0.4) is 0 Å². The monoisotopic (exact) mass is 356 g/mol. The van der Waals surface area contributed by atoms with Crippen LogP contribution in [0.2, 0.25) is 0 Å². The number of thiophene rings is 1. The SMILES string of the molecule is CN(C)C(=O)N1CCC2(C1)CN(C(=O)c1ccsc1)c1cccnc12. The molecule has 0 radical (unpaired) electrons. The molecule has 25 heavy (non-hydrogen) atoms. The fourth-order valence-electron chi connectivity index (χ4n) is 3.85. The number of hydrogen-bond acceptors (Lipinski definition) is 4. The lowest BCUT2D eigenvalue weighted by molar-refractivity contribution is 0.0985. The summed E-state index contributed by atoms with van der Waals surface area (Å²) in [4.78, 5) is 35.2. The average Bonchev–Trinajstić information content (AvgIpc) is 3.34. The molecular formula is C18H20N4O2S. The summed E-state index contributed by atoms with van der Waals surface area (Å²) < 4.78 is 0. The third-order valence-electron chi connectivity index (χ3n) is 5.06. The van der Waals surface area contributed by atoms with Gasteiger partial charge in [0.2, 0.25) is 0 Å². The Morgan fingerprint density at radius 2 is 2.12 bits per heavy atom. The zero-order valence-electron chi connectivity index (χ0n) is 14.3. The van der Waals surface area contributed by atoms with Crippen molar-refractivity contribution < 1.29 is 9.59 Å². The van der Waals surface area contributed by atoms with Crippen molar-refractivity contribution in [1.82, 2.24) is 14.8 Å². The molecule has 130 valence electrons. The Bertz CT molecular complexity index is 820. The van der Waals surface area contributed by atoms with E-state index in [1.54, 1.807) is 25.2 Å².